The number of allylic oxidation sites excluding steroid dienone is 15. The van der Waals surface area contributed by atoms with Crippen LogP contribution in [0, 0.1) is 0 Å². The van der Waals surface area contributed by atoms with E-state index in [4.69, 9.17) is 23.7 Å². The van der Waals surface area contributed by atoms with Gasteiger partial charge in [-0.3, -0.25) is 0 Å². The van der Waals surface area contributed by atoms with Gasteiger partial charge in [0.15, 0.2) is 0 Å². The Kier molecular flexibility index (Phi) is 132. The van der Waals surface area contributed by atoms with Gasteiger partial charge in [-0.25, -0.2) is 0 Å². The molecule has 5 nitrogen and oxygen atoms in total. The molecule has 654 valence electrons. The Labute approximate surface area is 695 Å². The summed E-state index contributed by atoms with van der Waals surface area (Å²) in [4.78, 5) is 0. The largest absolute Gasteiger partial charge is 0.385 e. The van der Waals surface area contributed by atoms with Crippen molar-refractivity contribution >= 4 is 0 Å². The highest BCUT2D eigenvalue weighted by atomic mass is 16.5. The first-order valence-corrected chi connectivity index (χ1v) is 49.2. The summed E-state index contributed by atoms with van der Waals surface area (Å²) in [5.74, 6) is 0. The average Bonchev–Trinajstić information content (AvgIpc) is 3.91. The summed E-state index contributed by atoms with van der Waals surface area (Å²) in [6.07, 6.45) is 138. The van der Waals surface area contributed by atoms with Crippen LogP contribution in [0.1, 0.15) is 510 Å². The lowest BCUT2D eigenvalue weighted by molar-refractivity contribution is 0.192. The molecule has 0 aliphatic rings. The fraction of sp³-hybridized carbons (Fsp3) is 0.848. The first-order valence-electron chi connectivity index (χ1n) is 49.2. The van der Waals surface area contributed by atoms with Crippen LogP contribution in [-0.2, 0) is 23.7 Å². The van der Waals surface area contributed by atoms with E-state index in [0.29, 0.717) is 0 Å². The van der Waals surface area contributed by atoms with E-state index in [1.54, 1.807) is 35.5 Å². The lowest BCUT2D eigenvalue weighted by Crippen LogP contribution is -1.88. The number of hydrogen-bond donors (Lipinski definition) is 0. The molecule has 0 aromatic rings. The standard InChI is InChI=1S/C23H48O.C23H36O.C21H44O.C19H40O.C19H36O/c2*1-3-4-5-6-7-8-9-10-11-12-13-14-15-16-17-18-19-20-21-22-23-24-2;1-3-4-5-6-7-8-9-10-11-12-13-14-15-16-17-18-19-20-21-22-2;2*1-3-4-5-6-7-8-9-10-11-12-13-14-15-16-17-18-19-20-2/h3-23H2,1-2H3;4-5,8-9,11-12,14-15,17-18,20-21H,3,6-7,10,13,16,19,22-23H2,1-2H3;3-21H2,1-2H3;3-19H2,1-2H3;7-8,10-11H,3-6,9,12-19H2,1-2H3/b;5-4+,9-8+,12-11+,15-14+,18-17+,21-20+;;;8-7+,11-10+. The second kappa shape index (κ2) is 125. The second-order valence-corrected chi connectivity index (χ2v) is 32.1. The van der Waals surface area contributed by atoms with Crippen LogP contribution in [0.15, 0.2) is 97.2 Å². The molecular formula is C105H204O5. The van der Waals surface area contributed by atoms with Gasteiger partial charge in [0.1, 0.15) is 0 Å². The summed E-state index contributed by atoms with van der Waals surface area (Å²) in [5, 5.41) is 0. The second-order valence-electron chi connectivity index (χ2n) is 32.1. The predicted molar refractivity (Wildman–Crippen MR) is 503 cm³/mol. The van der Waals surface area contributed by atoms with E-state index in [-0.39, 0.29) is 0 Å². The van der Waals surface area contributed by atoms with Gasteiger partial charge < -0.3 is 23.7 Å². The number of rotatable bonds is 87. The monoisotopic (exact) mass is 1550 g/mol. The minimum Gasteiger partial charge on any atom is -0.385 e. The first kappa shape index (κ1) is 116. The predicted octanol–water partition coefficient (Wildman–Crippen LogP) is 36.6. The van der Waals surface area contributed by atoms with Crippen LogP contribution in [0.2, 0.25) is 0 Å². The molecule has 0 unspecified atom stereocenters. The molecular weight excluding hydrogens is 1340 g/mol. The van der Waals surface area contributed by atoms with Gasteiger partial charge in [0.2, 0.25) is 0 Å². The van der Waals surface area contributed by atoms with E-state index in [1.165, 1.54) is 417 Å². The van der Waals surface area contributed by atoms with Crippen molar-refractivity contribution in [3.8, 4) is 0 Å². The maximum atomic E-state index is 5.08. The van der Waals surface area contributed by atoms with Gasteiger partial charge in [-0.15, -0.1) is 0 Å². The third-order valence-electron chi connectivity index (χ3n) is 21.0. The summed E-state index contributed by atoms with van der Waals surface area (Å²) in [5.41, 5.74) is 0. The van der Waals surface area contributed by atoms with Gasteiger partial charge in [0.25, 0.3) is 0 Å². The lowest BCUT2D eigenvalue weighted by Gasteiger charge is -2.04. The van der Waals surface area contributed by atoms with Crippen molar-refractivity contribution < 1.29 is 23.7 Å². The third-order valence-corrected chi connectivity index (χ3v) is 21.0. The van der Waals surface area contributed by atoms with Gasteiger partial charge in [-0.1, -0.05) is 498 Å². The van der Waals surface area contributed by atoms with Gasteiger partial charge in [0, 0.05) is 68.6 Å². The number of ether oxygens (including phenoxy) is 5. The highest BCUT2D eigenvalue weighted by Gasteiger charge is 2.00. The molecule has 5 heteroatoms. The Morgan fingerprint density at radius 3 is 0.473 bits per heavy atom. The zero-order valence-electron chi connectivity index (χ0n) is 77.1. The van der Waals surface area contributed by atoms with Crippen molar-refractivity contribution in [2.75, 3.05) is 68.6 Å². The van der Waals surface area contributed by atoms with Gasteiger partial charge in [0.05, 0.1) is 0 Å². The Morgan fingerprint density at radius 1 is 0.127 bits per heavy atom. The Balaban J connectivity index is -0.000000419. The van der Waals surface area contributed by atoms with E-state index >= 15 is 0 Å². The van der Waals surface area contributed by atoms with Crippen LogP contribution in [0.3, 0.4) is 0 Å². The lowest BCUT2D eigenvalue weighted by atomic mass is 10.0. The van der Waals surface area contributed by atoms with Crippen molar-refractivity contribution in [3.63, 3.8) is 0 Å². The van der Waals surface area contributed by atoms with Gasteiger partial charge in [-0.05, 0) is 109 Å². The van der Waals surface area contributed by atoms with Crippen LogP contribution >= 0.6 is 0 Å². The molecule has 0 atom stereocenters. The quantitative estimate of drug-likeness (QED) is 0.0449. The molecule has 0 N–H and O–H groups in total. The SMILES string of the molecule is CC/C=C/CC/C=C/C/C=C/C/C=C/C/C=C/C/C=C/CCOC.CCCCC/C=C/C/C=C/CCCCCCCCOC.CCCCCCCCCCCCCCCCCCCCCCOC.CCCCCCCCCCCCCCCCCCCCOC.CCCCCCCCCCCCCCCCCCOC. The molecule has 0 aromatic carbocycles. The molecule has 110 heavy (non-hydrogen) atoms. The normalized spacial score (nSPS) is 11.8. The Bertz CT molecular complexity index is 1660. The van der Waals surface area contributed by atoms with E-state index in [9.17, 15) is 0 Å². The van der Waals surface area contributed by atoms with Crippen LogP contribution < -0.4 is 0 Å². The highest BCUT2D eigenvalue weighted by molar-refractivity contribution is 5.01. The van der Waals surface area contributed by atoms with Crippen LogP contribution in [-0.4, -0.2) is 68.6 Å². The van der Waals surface area contributed by atoms with Crippen LogP contribution in [0.4, 0.5) is 0 Å². The zero-order valence-corrected chi connectivity index (χ0v) is 77.1. The maximum Gasteiger partial charge on any atom is 0.0496 e. The van der Waals surface area contributed by atoms with E-state index in [2.05, 4.69) is 132 Å². The number of methoxy groups -OCH3 is 5. The van der Waals surface area contributed by atoms with E-state index < -0.39 is 0 Å². The molecule has 0 bridgehead atoms. The minimum atomic E-state index is 0.808. The highest BCUT2D eigenvalue weighted by Crippen LogP contribution is 2.19. The first-order chi connectivity index (χ1) is 54.6. The third kappa shape index (κ3) is 135. The van der Waals surface area contributed by atoms with E-state index in [0.717, 1.165) is 90.8 Å². The fourth-order valence-electron chi connectivity index (χ4n) is 13.7. The van der Waals surface area contributed by atoms with Crippen molar-refractivity contribution in [1.29, 1.82) is 0 Å². The Hall–Kier alpha value is -2.28. The van der Waals surface area contributed by atoms with Crippen LogP contribution in [0.25, 0.3) is 0 Å². The molecule has 0 spiro atoms. The minimum absolute atomic E-state index is 0.808. The molecule has 0 aliphatic heterocycles. The molecule has 0 saturated heterocycles. The molecule has 0 saturated carbocycles. The zero-order chi connectivity index (χ0) is 80.7. The van der Waals surface area contributed by atoms with E-state index in [1.807, 2.05) is 0 Å². The smallest absolute Gasteiger partial charge is 0.0496 e. The fourth-order valence-corrected chi connectivity index (χ4v) is 13.7. The summed E-state index contributed by atoms with van der Waals surface area (Å²) < 4.78 is 25.2. The average molecular weight is 1550 g/mol. The number of hydrogen-bond acceptors (Lipinski definition) is 5. The van der Waals surface area contributed by atoms with Gasteiger partial charge >= 0.3 is 0 Å². The number of unbranched alkanes of at least 4 members (excludes halogenated alkanes) is 61. The summed E-state index contributed by atoms with van der Waals surface area (Å²) >= 11 is 0. The molecule has 0 fully saturated rings. The van der Waals surface area contributed by atoms with Gasteiger partial charge in [-0.2, -0.15) is 0 Å². The molecule has 0 aromatic heterocycles. The van der Waals surface area contributed by atoms with Crippen LogP contribution in [0.5, 0.6) is 0 Å². The molecule has 0 rings (SSSR count). The maximum absolute atomic E-state index is 5.08. The van der Waals surface area contributed by atoms with Crippen molar-refractivity contribution in [3.05, 3.63) is 97.2 Å². The summed E-state index contributed by atoms with van der Waals surface area (Å²) in [6, 6.07) is 0. The van der Waals surface area contributed by atoms with Crippen molar-refractivity contribution in [2.45, 2.75) is 510 Å². The molecule has 0 amide bonds. The molecule has 0 aliphatic carbocycles. The molecule has 0 radical (unpaired) electrons. The molecule has 0 heterocycles. The van der Waals surface area contributed by atoms with Crippen molar-refractivity contribution in [2.24, 2.45) is 0 Å². The Morgan fingerprint density at radius 2 is 0.273 bits per heavy atom. The van der Waals surface area contributed by atoms with Crippen molar-refractivity contribution in [1.82, 2.24) is 0 Å². The summed E-state index contributed by atoms with van der Waals surface area (Å²) in [7, 11) is 8.92. The summed E-state index contributed by atoms with van der Waals surface area (Å²) in [6.45, 7) is 15.9. The topological polar surface area (TPSA) is 46.2 Å².